The van der Waals surface area contributed by atoms with Crippen molar-refractivity contribution in [2.24, 2.45) is 16.7 Å². The summed E-state index contributed by atoms with van der Waals surface area (Å²) in [6.45, 7) is 4.39. The highest BCUT2D eigenvalue weighted by Crippen LogP contribution is 2.80. The molecule has 4 fully saturated rings. The first-order chi connectivity index (χ1) is 20.3. The Hall–Kier alpha value is -3.83. The van der Waals surface area contributed by atoms with Gasteiger partial charge in [0.15, 0.2) is 0 Å². The Morgan fingerprint density at radius 2 is 2.00 bits per heavy atom. The molecule has 1 aromatic heterocycles. The number of methoxy groups -OCH3 is 1. The van der Waals surface area contributed by atoms with E-state index in [1.807, 2.05) is 18.3 Å². The van der Waals surface area contributed by atoms with E-state index in [4.69, 9.17) is 4.74 Å². The predicted molar refractivity (Wildman–Crippen MR) is 158 cm³/mol. The zero-order chi connectivity index (χ0) is 29.2. The molecule has 42 heavy (non-hydrogen) atoms. The Labute approximate surface area is 246 Å². The largest absolute Gasteiger partial charge is 0.496 e. The number of H-pyrrole nitrogens is 1. The molecule has 7 rings (SSSR count). The summed E-state index contributed by atoms with van der Waals surface area (Å²) < 4.78 is 5.88. The molecule has 0 bridgehead atoms. The second-order valence-electron chi connectivity index (χ2n) is 13.2. The van der Waals surface area contributed by atoms with Gasteiger partial charge in [0.2, 0.25) is 0 Å². The lowest BCUT2D eigenvalue weighted by atomic mass is 9.56. The number of carboxylic acid groups (broad SMARTS) is 1. The van der Waals surface area contributed by atoms with Gasteiger partial charge >= 0.3 is 5.97 Å². The van der Waals surface area contributed by atoms with Crippen LogP contribution in [-0.4, -0.2) is 58.0 Å². The van der Waals surface area contributed by atoms with Gasteiger partial charge in [-0.3, -0.25) is 14.5 Å². The van der Waals surface area contributed by atoms with Gasteiger partial charge in [-0.25, -0.2) is 0 Å². The Bertz CT molecular complexity index is 1610. The summed E-state index contributed by atoms with van der Waals surface area (Å²) >= 11 is 0. The molecule has 2 saturated carbocycles. The molecule has 1 unspecified atom stereocenters. The van der Waals surface area contributed by atoms with Gasteiger partial charge in [-0.2, -0.15) is 5.26 Å². The van der Waals surface area contributed by atoms with Crippen molar-refractivity contribution < 1.29 is 19.4 Å². The minimum Gasteiger partial charge on any atom is -0.496 e. The van der Waals surface area contributed by atoms with Crippen LogP contribution < -0.4 is 4.74 Å². The average molecular weight is 567 g/mol. The number of nitriles is 1. The number of fused-ring (bicyclic) bond motifs is 3. The highest BCUT2D eigenvalue weighted by atomic mass is 16.5. The van der Waals surface area contributed by atoms with Crippen LogP contribution in [0.4, 0.5) is 0 Å². The first-order valence-electron chi connectivity index (χ1n) is 15.2. The third-order valence-electron chi connectivity index (χ3n) is 10.9. The van der Waals surface area contributed by atoms with Gasteiger partial charge in [0.25, 0.3) is 5.91 Å². The molecule has 2 aromatic carbocycles. The molecule has 4 aliphatic rings. The van der Waals surface area contributed by atoms with Crippen molar-refractivity contribution in [2.75, 3.05) is 20.2 Å². The minimum atomic E-state index is -0.865. The first kappa shape index (κ1) is 27.0. The highest BCUT2D eigenvalue weighted by Gasteiger charge is 2.75. The number of nitrogens with zero attached hydrogens (tertiary/aromatic N) is 3. The quantitative estimate of drug-likeness (QED) is 0.373. The molecule has 1 amide bonds. The number of ether oxygens (including phenoxy) is 1. The number of hydrogen-bond donors (Lipinski definition) is 2. The van der Waals surface area contributed by atoms with Gasteiger partial charge < -0.3 is 19.7 Å². The molecule has 2 aliphatic carbocycles. The minimum absolute atomic E-state index is 0.00875. The maximum absolute atomic E-state index is 13.4. The van der Waals surface area contributed by atoms with E-state index in [1.165, 1.54) is 16.5 Å². The second-order valence-corrected chi connectivity index (χ2v) is 13.2. The smallest absolute Gasteiger partial charge is 0.305 e. The molecule has 2 saturated heterocycles. The van der Waals surface area contributed by atoms with E-state index in [9.17, 15) is 20.0 Å². The van der Waals surface area contributed by atoms with Crippen molar-refractivity contribution in [3.05, 3.63) is 64.8 Å². The number of nitrogens with one attached hydrogen (secondary N) is 1. The third-order valence-corrected chi connectivity index (χ3v) is 10.9. The molecule has 3 heterocycles. The van der Waals surface area contributed by atoms with Crippen LogP contribution in [-0.2, 0) is 11.3 Å². The van der Waals surface area contributed by atoms with Crippen LogP contribution in [0.15, 0.2) is 42.6 Å². The SMILES string of the molecule is COc1cc(C)c2[nH]ccc2c1CN1CC[C@]2(C[C@H]1c1ccc(C(=O)N3CCC[C@H]3CC(=O)O)cc1)C[C@]1(C#N)CC12. The van der Waals surface area contributed by atoms with Crippen LogP contribution in [0, 0.1) is 35.0 Å². The Morgan fingerprint density at radius 3 is 2.69 bits per heavy atom. The van der Waals surface area contributed by atoms with Crippen LogP contribution in [0.1, 0.15) is 78.0 Å². The van der Waals surface area contributed by atoms with Gasteiger partial charge in [-0.1, -0.05) is 12.1 Å². The fraction of sp³-hybridized carbons (Fsp3) is 0.500. The zero-order valence-electron chi connectivity index (χ0n) is 24.4. The lowest BCUT2D eigenvalue weighted by molar-refractivity contribution is -0.137. The summed E-state index contributed by atoms with van der Waals surface area (Å²) in [6.07, 6.45) is 7.68. The van der Waals surface area contributed by atoms with Crippen LogP contribution in [0.3, 0.4) is 0 Å². The lowest BCUT2D eigenvalue weighted by Gasteiger charge is -2.53. The summed E-state index contributed by atoms with van der Waals surface area (Å²) in [7, 11) is 1.74. The van der Waals surface area contributed by atoms with Crippen LogP contribution >= 0.6 is 0 Å². The van der Waals surface area contributed by atoms with E-state index in [0.29, 0.717) is 18.0 Å². The maximum Gasteiger partial charge on any atom is 0.305 e. The van der Waals surface area contributed by atoms with Crippen molar-refractivity contribution in [1.29, 1.82) is 5.26 Å². The third kappa shape index (κ3) is 4.20. The average Bonchev–Trinajstić information content (AvgIpc) is 3.32. The van der Waals surface area contributed by atoms with Gasteiger partial charge in [0.1, 0.15) is 5.75 Å². The molecule has 8 nitrogen and oxygen atoms in total. The molecule has 2 aliphatic heterocycles. The molecular weight excluding hydrogens is 528 g/mol. The van der Waals surface area contributed by atoms with Crippen molar-refractivity contribution in [3.8, 4) is 11.8 Å². The molecule has 218 valence electrons. The van der Waals surface area contributed by atoms with Crippen LogP contribution in [0.5, 0.6) is 5.75 Å². The summed E-state index contributed by atoms with van der Waals surface area (Å²) in [4.78, 5) is 32.4. The summed E-state index contributed by atoms with van der Waals surface area (Å²) in [5, 5.41) is 20.3. The number of amides is 1. The number of aliphatic carboxylic acids is 1. The van der Waals surface area contributed by atoms with E-state index in [0.717, 1.165) is 68.4 Å². The fourth-order valence-corrected chi connectivity index (χ4v) is 8.73. The number of aromatic nitrogens is 1. The number of hydrogen-bond acceptors (Lipinski definition) is 5. The van der Waals surface area contributed by atoms with E-state index >= 15 is 0 Å². The number of carboxylic acids is 1. The molecule has 3 aromatic rings. The number of aromatic amines is 1. The van der Waals surface area contributed by atoms with Gasteiger partial charge in [0.05, 0.1) is 25.0 Å². The summed E-state index contributed by atoms with van der Waals surface area (Å²) in [5.74, 6) is 0.454. The second kappa shape index (κ2) is 9.88. The van der Waals surface area contributed by atoms with Crippen molar-refractivity contribution in [2.45, 2.75) is 70.5 Å². The zero-order valence-corrected chi connectivity index (χ0v) is 24.4. The lowest BCUT2D eigenvalue weighted by Crippen LogP contribution is -2.49. The number of carbonyl (C=O) groups is 2. The number of piperidine rings is 1. The Morgan fingerprint density at radius 1 is 1.19 bits per heavy atom. The maximum atomic E-state index is 13.4. The number of likely N-dealkylation sites (tertiary alicyclic amines) is 2. The Balaban J connectivity index is 1.18. The van der Waals surface area contributed by atoms with Gasteiger partial charge in [0, 0.05) is 53.4 Å². The Kier molecular flexibility index (Phi) is 6.36. The molecule has 8 heteroatoms. The van der Waals surface area contributed by atoms with E-state index in [1.54, 1.807) is 12.0 Å². The van der Waals surface area contributed by atoms with Gasteiger partial charge in [-0.15, -0.1) is 0 Å². The molecule has 0 radical (unpaired) electrons. The van der Waals surface area contributed by atoms with Crippen molar-refractivity contribution >= 4 is 22.8 Å². The van der Waals surface area contributed by atoms with Gasteiger partial charge in [-0.05, 0) is 98.7 Å². The molecular formula is C34H38N4O4. The van der Waals surface area contributed by atoms with Crippen molar-refractivity contribution in [3.63, 3.8) is 0 Å². The topological polar surface area (TPSA) is 110 Å². The number of benzene rings is 2. The van der Waals surface area contributed by atoms with Crippen LogP contribution in [0.2, 0.25) is 0 Å². The monoisotopic (exact) mass is 566 g/mol. The highest BCUT2D eigenvalue weighted by molar-refractivity contribution is 5.95. The number of aryl methyl sites for hydroxylation is 1. The predicted octanol–water partition coefficient (Wildman–Crippen LogP) is 5.82. The molecule has 5 atom stereocenters. The van der Waals surface area contributed by atoms with Crippen LogP contribution in [0.25, 0.3) is 10.9 Å². The van der Waals surface area contributed by atoms with E-state index in [-0.39, 0.29) is 35.2 Å². The standard InChI is InChI=1S/C34H38N4O4/c1-21-14-28(42-2)26(25-9-11-36-31(21)25)18-37-13-10-33(19-34(20-35)17-29(33)34)16-27(37)22-5-7-23(8-6-22)32(41)38-12-3-4-24(38)15-30(39)40/h5-9,11,14,24,27,29,36H,3-4,10,12-13,15-19H2,1-2H3,(H,39,40)/t24-,27-,29?,33-,34-/m0/s1. The first-order valence-corrected chi connectivity index (χ1v) is 15.2. The summed E-state index contributed by atoms with van der Waals surface area (Å²) in [6, 6.07) is 14.8. The number of carbonyl (C=O) groups excluding carboxylic acids is 1. The molecule has 2 N–H and O–H groups in total. The molecule has 1 spiro atoms. The summed E-state index contributed by atoms with van der Waals surface area (Å²) in [5.41, 5.74) is 5.39. The van der Waals surface area contributed by atoms with Crippen molar-refractivity contribution in [1.82, 2.24) is 14.8 Å². The number of rotatable bonds is 7. The fourth-order valence-electron chi connectivity index (χ4n) is 8.73. The normalized spacial score (nSPS) is 30.1. The van der Waals surface area contributed by atoms with E-state index in [2.05, 4.69) is 47.1 Å². The van der Waals surface area contributed by atoms with E-state index < -0.39 is 5.97 Å².